The topological polar surface area (TPSA) is 104 Å². The maximum absolute atomic E-state index is 12.6. The quantitative estimate of drug-likeness (QED) is 0.700. The second-order valence-corrected chi connectivity index (χ2v) is 7.20. The van der Waals surface area contributed by atoms with Crippen molar-refractivity contribution >= 4 is 22.0 Å². The Morgan fingerprint density at radius 2 is 1.96 bits per heavy atom. The molecule has 1 aromatic carbocycles. The van der Waals surface area contributed by atoms with Gasteiger partial charge in [-0.05, 0) is 37.5 Å². The standard InChI is InChI=1S/C15H19NO6S/c1-2-22-15(19)12-4-3-9-16(10-12)23(20,21)13-7-5-11(6-8-13)14(17)18/h5-8,12H,2-4,9-10H2,1H3,(H,17,18)/p-1/t12-/m1/s1. The van der Waals surface area contributed by atoms with E-state index in [1.54, 1.807) is 6.92 Å². The highest BCUT2D eigenvalue weighted by Crippen LogP contribution is 2.24. The Kier molecular flexibility index (Phi) is 5.38. The molecule has 7 nitrogen and oxygen atoms in total. The Morgan fingerprint density at radius 1 is 1.30 bits per heavy atom. The molecule has 0 spiro atoms. The van der Waals surface area contributed by atoms with Gasteiger partial charge in [-0.15, -0.1) is 0 Å². The molecule has 1 aliphatic heterocycles. The predicted molar refractivity (Wildman–Crippen MR) is 78.9 cm³/mol. The molecule has 126 valence electrons. The largest absolute Gasteiger partial charge is 0.545 e. The minimum absolute atomic E-state index is 0.00740. The molecule has 2 rings (SSSR count). The van der Waals surface area contributed by atoms with E-state index in [1.807, 2.05) is 0 Å². The third kappa shape index (κ3) is 3.89. The van der Waals surface area contributed by atoms with E-state index in [4.69, 9.17) is 4.74 Å². The van der Waals surface area contributed by atoms with Crippen molar-refractivity contribution in [2.24, 2.45) is 5.92 Å². The highest BCUT2D eigenvalue weighted by Gasteiger charge is 2.33. The summed E-state index contributed by atoms with van der Waals surface area (Å²) < 4.78 is 31.4. The van der Waals surface area contributed by atoms with Gasteiger partial charge in [0.05, 0.1) is 23.4 Å². The molecule has 0 amide bonds. The van der Waals surface area contributed by atoms with Gasteiger partial charge in [0.15, 0.2) is 0 Å². The third-order valence-corrected chi connectivity index (χ3v) is 5.61. The molecule has 1 fully saturated rings. The zero-order chi connectivity index (χ0) is 17.0. The highest BCUT2D eigenvalue weighted by molar-refractivity contribution is 7.89. The summed E-state index contributed by atoms with van der Waals surface area (Å²) >= 11 is 0. The maximum atomic E-state index is 12.6. The molecule has 1 aliphatic rings. The first kappa shape index (κ1) is 17.4. The summed E-state index contributed by atoms with van der Waals surface area (Å²) in [4.78, 5) is 22.5. The molecule has 0 aliphatic carbocycles. The first-order chi connectivity index (χ1) is 10.9. The molecule has 0 radical (unpaired) electrons. The first-order valence-corrected chi connectivity index (χ1v) is 8.78. The van der Waals surface area contributed by atoms with Gasteiger partial charge in [-0.3, -0.25) is 4.79 Å². The predicted octanol–water partition coefficient (Wildman–Crippen LogP) is 0.0139. The lowest BCUT2D eigenvalue weighted by atomic mass is 10.0. The van der Waals surface area contributed by atoms with Gasteiger partial charge in [-0.2, -0.15) is 4.31 Å². The number of aromatic carboxylic acids is 1. The molecule has 0 bridgehead atoms. The number of benzene rings is 1. The van der Waals surface area contributed by atoms with Crippen molar-refractivity contribution in [3.63, 3.8) is 0 Å². The van der Waals surface area contributed by atoms with Gasteiger partial charge >= 0.3 is 5.97 Å². The van der Waals surface area contributed by atoms with Gasteiger partial charge in [0.1, 0.15) is 0 Å². The van der Waals surface area contributed by atoms with Crippen LogP contribution in [-0.4, -0.2) is 44.4 Å². The van der Waals surface area contributed by atoms with E-state index in [0.717, 1.165) is 0 Å². The number of sulfonamides is 1. The number of carbonyl (C=O) groups is 2. The number of esters is 1. The molecular weight excluding hydrogens is 322 g/mol. The summed E-state index contributed by atoms with van der Waals surface area (Å²) in [5, 5.41) is 10.7. The molecule has 0 N–H and O–H groups in total. The van der Waals surface area contributed by atoms with Crippen LogP contribution in [-0.2, 0) is 19.6 Å². The first-order valence-electron chi connectivity index (χ1n) is 7.34. The van der Waals surface area contributed by atoms with E-state index in [9.17, 15) is 23.1 Å². The summed E-state index contributed by atoms with van der Waals surface area (Å²) in [5.74, 6) is -2.23. The second-order valence-electron chi connectivity index (χ2n) is 5.27. The molecule has 0 unspecified atom stereocenters. The van der Waals surface area contributed by atoms with E-state index >= 15 is 0 Å². The van der Waals surface area contributed by atoms with Gasteiger partial charge < -0.3 is 14.6 Å². The van der Waals surface area contributed by atoms with Crippen LogP contribution in [0, 0.1) is 5.92 Å². The molecule has 1 saturated heterocycles. The Labute approximate surface area is 134 Å². The van der Waals surface area contributed by atoms with E-state index in [-0.39, 0.29) is 29.6 Å². The van der Waals surface area contributed by atoms with Crippen LogP contribution in [0.1, 0.15) is 30.1 Å². The number of carboxylic acid groups (broad SMARTS) is 1. The second kappa shape index (κ2) is 7.10. The van der Waals surface area contributed by atoms with Gasteiger partial charge in [-0.1, -0.05) is 12.1 Å². The molecule has 1 aromatic rings. The minimum atomic E-state index is -3.77. The number of hydrogen-bond acceptors (Lipinski definition) is 6. The smallest absolute Gasteiger partial charge is 0.310 e. The zero-order valence-electron chi connectivity index (χ0n) is 12.7. The number of rotatable bonds is 5. The van der Waals surface area contributed by atoms with Crippen LogP contribution in [0.15, 0.2) is 29.2 Å². The summed E-state index contributed by atoms with van der Waals surface area (Å²) in [6.07, 6.45) is 1.16. The Bertz CT molecular complexity index is 682. The number of nitrogens with zero attached hydrogens (tertiary/aromatic N) is 1. The van der Waals surface area contributed by atoms with Gasteiger partial charge in [0.25, 0.3) is 0 Å². The average Bonchev–Trinajstić information content (AvgIpc) is 2.55. The lowest BCUT2D eigenvalue weighted by Gasteiger charge is -2.30. The summed E-state index contributed by atoms with van der Waals surface area (Å²) in [6, 6.07) is 4.84. The van der Waals surface area contributed by atoms with Crippen molar-refractivity contribution in [3.8, 4) is 0 Å². The summed E-state index contributed by atoms with van der Waals surface area (Å²) in [5.41, 5.74) is -0.0907. The Balaban J connectivity index is 2.18. The molecule has 0 aromatic heterocycles. The molecule has 23 heavy (non-hydrogen) atoms. The van der Waals surface area contributed by atoms with Crippen molar-refractivity contribution in [1.29, 1.82) is 0 Å². The average molecular weight is 340 g/mol. The van der Waals surface area contributed by atoms with Crippen LogP contribution in [0.5, 0.6) is 0 Å². The SMILES string of the molecule is CCOC(=O)[C@@H]1CCCN(S(=O)(=O)c2ccc(C(=O)[O-])cc2)C1. The minimum Gasteiger partial charge on any atom is -0.545 e. The number of ether oxygens (including phenoxy) is 1. The lowest BCUT2D eigenvalue weighted by molar-refractivity contribution is -0.255. The number of carboxylic acids is 1. The number of hydrogen-bond donors (Lipinski definition) is 0. The van der Waals surface area contributed by atoms with Crippen molar-refractivity contribution in [1.82, 2.24) is 4.31 Å². The molecular formula is C15H18NO6S-. The molecule has 1 heterocycles. The fourth-order valence-corrected chi connectivity index (χ4v) is 4.05. The van der Waals surface area contributed by atoms with Crippen molar-refractivity contribution in [2.45, 2.75) is 24.7 Å². The van der Waals surface area contributed by atoms with Crippen molar-refractivity contribution in [2.75, 3.05) is 19.7 Å². The van der Waals surface area contributed by atoms with Crippen molar-refractivity contribution < 1.29 is 27.9 Å². The maximum Gasteiger partial charge on any atom is 0.310 e. The molecule has 0 saturated carbocycles. The van der Waals surface area contributed by atoms with E-state index in [1.165, 1.54) is 28.6 Å². The fraction of sp³-hybridized carbons (Fsp3) is 0.467. The highest BCUT2D eigenvalue weighted by atomic mass is 32.2. The van der Waals surface area contributed by atoms with Crippen LogP contribution in [0.2, 0.25) is 0 Å². The third-order valence-electron chi connectivity index (χ3n) is 3.73. The van der Waals surface area contributed by atoms with Crippen LogP contribution in [0.3, 0.4) is 0 Å². The van der Waals surface area contributed by atoms with E-state index in [2.05, 4.69) is 0 Å². The zero-order valence-corrected chi connectivity index (χ0v) is 13.5. The number of carbonyl (C=O) groups excluding carboxylic acids is 2. The molecule has 1 atom stereocenters. The van der Waals surface area contributed by atoms with Crippen LogP contribution >= 0.6 is 0 Å². The van der Waals surface area contributed by atoms with Crippen LogP contribution in [0.25, 0.3) is 0 Å². The molecule has 8 heteroatoms. The Morgan fingerprint density at radius 3 is 2.52 bits per heavy atom. The van der Waals surface area contributed by atoms with E-state index in [0.29, 0.717) is 19.4 Å². The Hall–Kier alpha value is -1.93. The number of piperidine rings is 1. The van der Waals surface area contributed by atoms with E-state index < -0.39 is 21.9 Å². The summed E-state index contributed by atoms with van der Waals surface area (Å²) in [7, 11) is -3.77. The lowest BCUT2D eigenvalue weighted by Crippen LogP contribution is -2.42. The monoisotopic (exact) mass is 340 g/mol. The normalized spacial score (nSPS) is 19.3. The van der Waals surface area contributed by atoms with Gasteiger partial charge in [0.2, 0.25) is 10.0 Å². The van der Waals surface area contributed by atoms with Crippen LogP contribution in [0.4, 0.5) is 0 Å². The van der Waals surface area contributed by atoms with Crippen LogP contribution < -0.4 is 5.11 Å². The van der Waals surface area contributed by atoms with Crippen molar-refractivity contribution in [3.05, 3.63) is 29.8 Å². The van der Waals surface area contributed by atoms with Gasteiger partial charge in [0, 0.05) is 13.1 Å². The van der Waals surface area contributed by atoms with Gasteiger partial charge in [-0.25, -0.2) is 8.42 Å². The summed E-state index contributed by atoms with van der Waals surface area (Å²) in [6.45, 7) is 2.35. The fourth-order valence-electron chi connectivity index (χ4n) is 2.53.